The van der Waals surface area contributed by atoms with Crippen molar-refractivity contribution >= 4 is 0 Å². The minimum atomic E-state index is 0.620. The molecule has 0 aliphatic rings. The van der Waals surface area contributed by atoms with E-state index in [0.717, 1.165) is 18.9 Å². The molecule has 0 spiro atoms. The van der Waals surface area contributed by atoms with Crippen LogP contribution >= 0.6 is 0 Å². The summed E-state index contributed by atoms with van der Waals surface area (Å²) in [5, 5.41) is 3.61. The molecule has 1 unspecified atom stereocenters. The van der Waals surface area contributed by atoms with E-state index in [2.05, 4.69) is 31.3 Å². The molecule has 0 fully saturated rings. The third-order valence-corrected chi connectivity index (χ3v) is 2.98. The van der Waals surface area contributed by atoms with E-state index >= 15 is 0 Å². The molecule has 1 aromatic rings. The molecular formula is C15H25NO. The Morgan fingerprint density at radius 3 is 2.59 bits per heavy atom. The van der Waals surface area contributed by atoms with Gasteiger partial charge in [-0.3, -0.25) is 0 Å². The van der Waals surface area contributed by atoms with Crippen LogP contribution in [0.2, 0.25) is 0 Å². The van der Waals surface area contributed by atoms with Gasteiger partial charge in [0.15, 0.2) is 0 Å². The van der Waals surface area contributed by atoms with Crippen molar-refractivity contribution in [3.8, 4) is 5.75 Å². The van der Waals surface area contributed by atoms with Gasteiger partial charge >= 0.3 is 0 Å². The first-order valence-electron chi connectivity index (χ1n) is 6.75. The number of benzene rings is 1. The Labute approximate surface area is 105 Å². The summed E-state index contributed by atoms with van der Waals surface area (Å²) in [4.78, 5) is 0. The van der Waals surface area contributed by atoms with E-state index in [9.17, 15) is 0 Å². The van der Waals surface area contributed by atoms with Gasteiger partial charge in [0.2, 0.25) is 0 Å². The first kappa shape index (κ1) is 14.0. The molecule has 0 saturated carbocycles. The van der Waals surface area contributed by atoms with Gasteiger partial charge in [-0.05, 0) is 25.8 Å². The van der Waals surface area contributed by atoms with Crippen LogP contribution in [0.5, 0.6) is 5.75 Å². The number of ether oxygens (including phenoxy) is 1. The number of para-hydroxylation sites is 1. The van der Waals surface area contributed by atoms with Gasteiger partial charge in [-0.1, -0.05) is 38.5 Å². The fourth-order valence-electron chi connectivity index (χ4n) is 2.00. The molecule has 2 heteroatoms. The Kier molecular flexibility index (Phi) is 6.71. The van der Waals surface area contributed by atoms with Crippen LogP contribution in [0.1, 0.15) is 45.6 Å². The molecule has 1 rings (SSSR count). The third-order valence-electron chi connectivity index (χ3n) is 2.98. The summed E-state index contributed by atoms with van der Waals surface area (Å²) >= 11 is 0. The second kappa shape index (κ2) is 8.13. The van der Waals surface area contributed by atoms with Crippen molar-refractivity contribution in [2.45, 2.75) is 52.6 Å². The molecule has 0 aliphatic heterocycles. The maximum Gasteiger partial charge on any atom is 0.123 e. The second-order valence-corrected chi connectivity index (χ2v) is 4.32. The monoisotopic (exact) mass is 235 g/mol. The summed E-state index contributed by atoms with van der Waals surface area (Å²) in [6.07, 6.45) is 3.66. The SMILES string of the molecule is CCCC(CC)NCc1ccccc1OCC. The van der Waals surface area contributed by atoms with Gasteiger partial charge in [0.25, 0.3) is 0 Å². The first-order chi connectivity index (χ1) is 8.31. The quantitative estimate of drug-likeness (QED) is 0.741. The molecule has 96 valence electrons. The molecule has 1 aromatic carbocycles. The van der Waals surface area contributed by atoms with Crippen molar-refractivity contribution < 1.29 is 4.74 Å². The van der Waals surface area contributed by atoms with Crippen LogP contribution in [0.3, 0.4) is 0 Å². The van der Waals surface area contributed by atoms with Crippen molar-refractivity contribution in [2.75, 3.05) is 6.61 Å². The first-order valence-corrected chi connectivity index (χ1v) is 6.75. The van der Waals surface area contributed by atoms with E-state index in [1.165, 1.54) is 24.8 Å². The molecule has 1 atom stereocenters. The summed E-state index contributed by atoms with van der Waals surface area (Å²) < 4.78 is 5.62. The zero-order valence-electron chi connectivity index (χ0n) is 11.3. The van der Waals surface area contributed by atoms with Crippen molar-refractivity contribution in [3.63, 3.8) is 0 Å². The van der Waals surface area contributed by atoms with E-state index in [-0.39, 0.29) is 0 Å². The molecule has 0 saturated heterocycles. The Hall–Kier alpha value is -1.02. The normalized spacial score (nSPS) is 12.4. The molecule has 1 N–H and O–H groups in total. The molecule has 0 heterocycles. The van der Waals surface area contributed by atoms with E-state index in [1.807, 2.05) is 19.1 Å². The Bertz CT molecular complexity index is 312. The molecule has 0 bridgehead atoms. The average molecular weight is 235 g/mol. The minimum Gasteiger partial charge on any atom is -0.494 e. The Morgan fingerprint density at radius 2 is 1.94 bits per heavy atom. The molecular weight excluding hydrogens is 210 g/mol. The molecule has 17 heavy (non-hydrogen) atoms. The van der Waals surface area contributed by atoms with Crippen LogP contribution in [0.4, 0.5) is 0 Å². The fraction of sp³-hybridized carbons (Fsp3) is 0.600. The van der Waals surface area contributed by atoms with E-state index in [1.54, 1.807) is 0 Å². The maximum absolute atomic E-state index is 5.62. The molecule has 0 amide bonds. The highest BCUT2D eigenvalue weighted by Gasteiger charge is 2.06. The zero-order chi connectivity index (χ0) is 12.5. The highest BCUT2D eigenvalue weighted by molar-refractivity contribution is 5.33. The molecule has 0 aromatic heterocycles. The van der Waals surface area contributed by atoms with Crippen LogP contribution < -0.4 is 10.1 Å². The fourth-order valence-corrected chi connectivity index (χ4v) is 2.00. The lowest BCUT2D eigenvalue weighted by atomic mass is 10.1. The maximum atomic E-state index is 5.62. The zero-order valence-corrected chi connectivity index (χ0v) is 11.3. The van der Waals surface area contributed by atoms with Crippen LogP contribution in [0.25, 0.3) is 0 Å². The van der Waals surface area contributed by atoms with Crippen LogP contribution in [-0.4, -0.2) is 12.6 Å². The lowest BCUT2D eigenvalue weighted by molar-refractivity contribution is 0.334. The smallest absolute Gasteiger partial charge is 0.123 e. The van der Waals surface area contributed by atoms with Crippen LogP contribution in [0, 0.1) is 0 Å². The lowest BCUT2D eigenvalue weighted by Crippen LogP contribution is -2.27. The van der Waals surface area contributed by atoms with Gasteiger partial charge in [-0.15, -0.1) is 0 Å². The largest absolute Gasteiger partial charge is 0.494 e. The topological polar surface area (TPSA) is 21.3 Å². The number of nitrogens with one attached hydrogen (secondary N) is 1. The summed E-state index contributed by atoms with van der Waals surface area (Å²) in [5.74, 6) is 1.01. The highest BCUT2D eigenvalue weighted by Crippen LogP contribution is 2.18. The van der Waals surface area contributed by atoms with Crippen molar-refractivity contribution in [1.82, 2.24) is 5.32 Å². The summed E-state index contributed by atoms with van der Waals surface area (Å²) in [6.45, 7) is 8.12. The van der Waals surface area contributed by atoms with Gasteiger partial charge < -0.3 is 10.1 Å². The summed E-state index contributed by atoms with van der Waals surface area (Å²) in [6, 6.07) is 8.89. The summed E-state index contributed by atoms with van der Waals surface area (Å²) in [7, 11) is 0. The Morgan fingerprint density at radius 1 is 1.18 bits per heavy atom. The summed E-state index contributed by atoms with van der Waals surface area (Å²) in [5.41, 5.74) is 1.25. The van der Waals surface area contributed by atoms with Crippen molar-refractivity contribution in [2.24, 2.45) is 0 Å². The van der Waals surface area contributed by atoms with Crippen LogP contribution in [-0.2, 0) is 6.54 Å². The van der Waals surface area contributed by atoms with Gasteiger partial charge in [-0.2, -0.15) is 0 Å². The van der Waals surface area contributed by atoms with E-state index < -0.39 is 0 Å². The number of hydrogen-bond donors (Lipinski definition) is 1. The van der Waals surface area contributed by atoms with Gasteiger partial charge in [0, 0.05) is 18.2 Å². The third kappa shape index (κ3) is 4.78. The predicted octanol–water partition coefficient (Wildman–Crippen LogP) is 3.75. The lowest BCUT2D eigenvalue weighted by Gasteiger charge is -2.17. The van der Waals surface area contributed by atoms with E-state index in [4.69, 9.17) is 4.74 Å². The molecule has 0 aliphatic carbocycles. The standard InChI is InChI=1S/C15H25NO/c1-4-9-14(5-2)16-12-13-10-7-8-11-15(13)17-6-3/h7-8,10-11,14,16H,4-6,9,12H2,1-3H3. The molecule has 0 radical (unpaired) electrons. The van der Waals surface area contributed by atoms with E-state index in [0.29, 0.717) is 6.04 Å². The van der Waals surface area contributed by atoms with Gasteiger partial charge in [0.1, 0.15) is 5.75 Å². The average Bonchev–Trinajstić information content (AvgIpc) is 2.36. The van der Waals surface area contributed by atoms with Gasteiger partial charge in [0.05, 0.1) is 6.61 Å². The Balaban J connectivity index is 2.55. The number of rotatable bonds is 8. The minimum absolute atomic E-state index is 0.620. The predicted molar refractivity (Wildman–Crippen MR) is 73.4 cm³/mol. The molecule has 2 nitrogen and oxygen atoms in total. The van der Waals surface area contributed by atoms with Crippen LogP contribution in [0.15, 0.2) is 24.3 Å². The van der Waals surface area contributed by atoms with Gasteiger partial charge in [-0.25, -0.2) is 0 Å². The second-order valence-electron chi connectivity index (χ2n) is 4.32. The highest BCUT2D eigenvalue weighted by atomic mass is 16.5. The van der Waals surface area contributed by atoms with Crippen molar-refractivity contribution in [3.05, 3.63) is 29.8 Å². The number of hydrogen-bond acceptors (Lipinski definition) is 2. The van der Waals surface area contributed by atoms with Crippen molar-refractivity contribution in [1.29, 1.82) is 0 Å².